The van der Waals surface area contributed by atoms with Gasteiger partial charge in [0.05, 0.1) is 30.8 Å². The van der Waals surface area contributed by atoms with E-state index in [4.69, 9.17) is 9.47 Å². The lowest BCUT2D eigenvalue weighted by atomic mass is 10.1. The zero-order valence-corrected chi connectivity index (χ0v) is 17.7. The molecular weight excluding hydrogens is 414 g/mol. The first-order valence-electron chi connectivity index (χ1n) is 9.81. The summed E-state index contributed by atoms with van der Waals surface area (Å²) in [5.74, 6) is 0.128. The van der Waals surface area contributed by atoms with Crippen molar-refractivity contribution in [2.75, 3.05) is 14.2 Å². The van der Waals surface area contributed by atoms with Gasteiger partial charge < -0.3 is 9.47 Å². The monoisotopic (exact) mass is 434 g/mol. The highest BCUT2D eigenvalue weighted by atomic mass is 19.1. The second-order valence-corrected chi connectivity index (χ2v) is 7.12. The maximum atomic E-state index is 14.3. The molecule has 0 radical (unpaired) electrons. The molecule has 7 heteroatoms. The van der Waals surface area contributed by atoms with E-state index in [0.717, 1.165) is 0 Å². The number of fused-ring (bicyclic) bond motifs is 1. The van der Waals surface area contributed by atoms with E-state index in [-0.39, 0.29) is 11.2 Å². The molecule has 0 aliphatic carbocycles. The quantitative estimate of drug-likeness (QED) is 0.435. The first-order valence-corrected chi connectivity index (χ1v) is 9.81. The lowest BCUT2D eigenvalue weighted by molar-refractivity contribution is 0.355. The number of methoxy groups -OCH3 is 2. The van der Waals surface area contributed by atoms with Crippen LogP contribution < -0.4 is 15.0 Å². The molecule has 1 aromatic heterocycles. The van der Waals surface area contributed by atoms with E-state index in [0.29, 0.717) is 33.8 Å². The molecule has 0 aliphatic heterocycles. The van der Waals surface area contributed by atoms with Crippen LogP contribution in [-0.2, 0) is 0 Å². The smallest absolute Gasteiger partial charge is 0.266 e. The van der Waals surface area contributed by atoms with Crippen molar-refractivity contribution in [1.29, 1.82) is 0 Å². The third-order valence-electron chi connectivity index (χ3n) is 5.13. The van der Waals surface area contributed by atoms with Gasteiger partial charge in [0.2, 0.25) is 0 Å². The first kappa shape index (κ1) is 21.2. The van der Waals surface area contributed by atoms with Gasteiger partial charge in [-0.2, -0.15) is 0 Å². The van der Waals surface area contributed by atoms with Gasteiger partial charge in [-0.1, -0.05) is 24.3 Å². The van der Waals surface area contributed by atoms with Crippen LogP contribution in [0.25, 0.3) is 28.7 Å². The predicted molar refractivity (Wildman–Crippen MR) is 120 cm³/mol. The summed E-state index contributed by atoms with van der Waals surface area (Å²) in [6.45, 7) is 1.64. The minimum atomic E-state index is -0.453. The van der Waals surface area contributed by atoms with Crippen LogP contribution in [0.5, 0.6) is 11.5 Å². The van der Waals surface area contributed by atoms with Gasteiger partial charge in [-0.25, -0.2) is 13.8 Å². The van der Waals surface area contributed by atoms with Gasteiger partial charge in [0.25, 0.3) is 5.56 Å². The number of ether oxygens (including phenoxy) is 2. The Morgan fingerprint density at radius 1 is 0.906 bits per heavy atom. The highest BCUT2D eigenvalue weighted by Gasteiger charge is 2.16. The Bertz CT molecular complexity index is 1410. The fraction of sp³-hybridized carbons (Fsp3) is 0.120. The Kier molecular flexibility index (Phi) is 5.73. The van der Waals surface area contributed by atoms with Crippen molar-refractivity contribution in [2.24, 2.45) is 0 Å². The molecule has 0 N–H and O–H groups in total. The van der Waals surface area contributed by atoms with Crippen LogP contribution in [0, 0.1) is 18.6 Å². The van der Waals surface area contributed by atoms with Crippen LogP contribution in [0.2, 0.25) is 0 Å². The molecule has 4 rings (SSSR count). The average molecular weight is 434 g/mol. The summed E-state index contributed by atoms with van der Waals surface area (Å²) < 4.78 is 40.4. The van der Waals surface area contributed by atoms with Crippen molar-refractivity contribution < 1.29 is 18.3 Å². The number of nitrogens with zero attached hydrogens (tertiary/aromatic N) is 2. The second kappa shape index (κ2) is 8.63. The zero-order chi connectivity index (χ0) is 22.8. The summed E-state index contributed by atoms with van der Waals surface area (Å²) >= 11 is 0. The van der Waals surface area contributed by atoms with E-state index in [1.165, 1.54) is 49.1 Å². The first-order chi connectivity index (χ1) is 15.4. The summed E-state index contributed by atoms with van der Waals surface area (Å²) in [5.41, 5.74) is 1.02. The van der Waals surface area contributed by atoms with Gasteiger partial charge in [0, 0.05) is 11.6 Å². The number of aromatic nitrogens is 2. The summed E-state index contributed by atoms with van der Waals surface area (Å²) in [4.78, 5) is 18.1. The maximum absolute atomic E-state index is 14.3. The molecule has 0 atom stereocenters. The van der Waals surface area contributed by atoms with Gasteiger partial charge >= 0.3 is 0 Å². The number of benzene rings is 3. The van der Waals surface area contributed by atoms with E-state index in [1.807, 2.05) is 0 Å². The standard InChI is InChI=1S/C25H20F2N2O3/c1-15-8-10-17(12-20(15)27)29-24(11-9-16-6-4-5-7-19(16)26)28-21-14-23(32-3)22(31-2)13-18(21)25(29)30/h4-14H,1-3H3. The van der Waals surface area contributed by atoms with E-state index in [9.17, 15) is 13.6 Å². The minimum absolute atomic E-state index is 0.209. The topological polar surface area (TPSA) is 53.4 Å². The van der Waals surface area contributed by atoms with Crippen LogP contribution in [0.15, 0.2) is 59.4 Å². The Labute approximate surface area is 183 Å². The van der Waals surface area contributed by atoms with E-state index in [1.54, 1.807) is 43.3 Å². The summed E-state index contributed by atoms with van der Waals surface area (Å²) in [6, 6.07) is 13.9. The SMILES string of the molecule is COc1cc2nc(C=Cc3ccccc3F)n(-c3ccc(C)c(F)c3)c(=O)c2cc1OC. The number of halogens is 2. The normalized spacial score (nSPS) is 11.3. The number of hydrogen-bond donors (Lipinski definition) is 0. The maximum Gasteiger partial charge on any atom is 0.266 e. The Hall–Kier alpha value is -4.00. The van der Waals surface area contributed by atoms with Gasteiger partial charge in [0.15, 0.2) is 11.5 Å². The molecule has 0 fully saturated rings. The summed E-state index contributed by atoms with van der Waals surface area (Å²) in [6.07, 6.45) is 3.04. The molecule has 3 aromatic carbocycles. The van der Waals surface area contributed by atoms with Gasteiger partial charge in [-0.15, -0.1) is 0 Å². The zero-order valence-electron chi connectivity index (χ0n) is 17.7. The highest BCUT2D eigenvalue weighted by molar-refractivity contribution is 5.83. The molecular formula is C25H20F2N2O3. The van der Waals surface area contributed by atoms with Crippen molar-refractivity contribution in [3.63, 3.8) is 0 Å². The van der Waals surface area contributed by atoms with Crippen molar-refractivity contribution in [3.8, 4) is 17.2 Å². The van der Waals surface area contributed by atoms with E-state index >= 15 is 0 Å². The van der Waals surface area contributed by atoms with Gasteiger partial charge in [-0.05, 0) is 48.9 Å². The van der Waals surface area contributed by atoms with Crippen molar-refractivity contribution in [3.05, 3.63) is 93.5 Å². The van der Waals surface area contributed by atoms with Crippen LogP contribution >= 0.6 is 0 Å². The number of rotatable bonds is 5. The molecule has 1 heterocycles. The van der Waals surface area contributed by atoms with Crippen molar-refractivity contribution >= 4 is 23.1 Å². The Morgan fingerprint density at radius 3 is 2.31 bits per heavy atom. The fourth-order valence-electron chi connectivity index (χ4n) is 3.39. The molecule has 0 bridgehead atoms. The molecule has 0 unspecified atom stereocenters. The van der Waals surface area contributed by atoms with Gasteiger partial charge in [0.1, 0.15) is 17.5 Å². The third-order valence-corrected chi connectivity index (χ3v) is 5.13. The molecule has 0 amide bonds. The molecule has 5 nitrogen and oxygen atoms in total. The average Bonchev–Trinajstić information content (AvgIpc) is 2.79. The molecule has 162 valence electrons. The number of aryl methyl sites for hydroxylation is 1. The molecule has 0 spiro atoms. The van der Waals surface area contributed by atoms with Crippen LogP contribution in [0.1, 0.15) is 17.0 Å². The van der Waals surface area contributed by atoms with Crippen LogP contribution in [0.4, 0.5) is 8.78 Å². The highest BCUT2D eigenvalue weighted by Crippen LogP contribution is 2.30. The molecule has 0 saturated carbocycles. The fourth-order valence-corrected chi connectivity index (χ4v) is 3.39. The minimum Gasteiger partial charge on any atom is -0.493 e. The van der Waals surface area contributed by atoms with Crippen LogP contribution in [-0.4, -0.2) is 23.8 Å². The third kappa shape index (κ3) is 3.85. The Balaban J connectivity index is 2.02. The lowest BCUT2D eigenvalue weighted by Gasteiger charge is -2.14. The molecule has 0 aliphatic rings. The molecule has 0 saturated heterocycles. The molecule has 4 aromatic rings. The van der Waals surface area contributed by atoms with Crippen LogP contribution in [0.3, 0.4) is 0 Å². The summed E-state index contributed by atoms with van der Waals surface area (Å²) in [5, 5.41) is 0.270. The van der Waals surface area contributed by atoms with Crippen molar-refractivity contribution in [2.45, 2.75) is 6.92 Å². The predicted octanol–water partition coefficient (Wildman–Crippen LogP) is 5.16. The van der Waals surface area contributed by atoms with E-state index < -0.39 is 17.2 Å². The molecule has 32 heavy (non-hydrogen) atoms. The largest absolute Gasteiger partial charge is 0.493 e. The second-order valence-electron chi connectivity index (χ2n) is 7.12. The van der Waals surface area contributed by atoms with E-state index in [2.05, 4.69) is 4.98 Å². The summed E-state index contributed by atoms with van der Waals surface area (Å²) in [7, 11) is 2.95. The number of hydrogen-bond acceptors (Lipinski definition) is 4. The Morgan fingerprint density at radius 2 is 1.62 bits per heavy atom. The van der Waals surface area contributed by atoms with Gasteiger partial charge in [-0.3, -0.25) is 9.36 Å². The lowest BCUT2D eigenvalue weighted by Crippen LogP contribution is -2.22. The van der Waals surface area contributed by atoms with Crippen molar-refractivity contribution in [1.82, 2.24) is 9.55 Å².